The fourth-order valence-electron chi connectivity index (χ4n) is 2.02. The molecule has 0 spiro atoms. The minimum atomic E-state index is 0.0408. The second-order valence-electron chi connectivity index (χ2n) is 4.71. The molecule has 0 N–H and O–H groups in total. The fourth-order valence-corrected chi connectivity index (χ4v) is 3.00. The van der Waals surface area contributed by atoms with Gasteiger partial charge < -0.3 is 4.74 Å². The summed E-state index contributed by atoms with van der Waals surface area (Å²) in [4.78, 5) is 0.464. The minimum absolute atomic E-state index is 0.0408. The van der Waals surface area contributed by atoms with Crippen LogP contribution in [-0.2, 0) is 5.41 Å². The zero-order valence-corrected chi connectivity index (χ0v) is 12.5. The summed E-state index contributed by atoms with van der Waals surface area (Å²) in [5.74, 6) is 0.905. The van der Waals surface area contributed by atoms with Crippen LogP contribution in [0.4, 0.5) is 0 Å². The van der Waals surface area contributed by atoms with Gasteiger partial charge in [-0.25, -0.2) is 0 Å². The van der Waals surface area contributed by atoms with Gasteiger partial charge in [0, 0.05) is 15.4 Å². The van der Waals surface area contributed by atoms with Gasteiger partial charge in [-0.1, -0.05) is 48.3 Å². The molecule has 16 heavy (non-hydrogen) atoms. The first kappa shape index (κ1) is 13.9. The number of hydrogen-bond donors (Lipinski definition) is 0. The zero-order valence-electron chi connectivity index (χ0n) is 10.2. The van der Waals surface area contributed by atoms with Gasteiger partial charge in [0.25, 0.3) is 0 Å². The average Bonchev–Trinajstić information content (AvgIpc) is 2.15. The van der Waals surface area contributed by atoms with Crippen LogP contribution in [0.3, 0.4) is 0 Å². The number of benzene rings is 1. The maximum Gasteiger partial charge on any atom is 0.122 e. The quantitative estimate of drug-likeness (QED) is 0.726. The number of rotatable bonds is 4. The molecule has 1 unspecified atom stereocenters. The third-order valence-electron chi connectivity index (χ3n) is 2.68. The number of ether oxygens (including phenoxy) is 1. The molecule has 0 radical (unpaired) electrons. The fraction of sp³-hybridized carbons (Fsp3) is 0.538. The lowest BCUT2D eigenvalue weighted by Crippen LogP contribution is -2.21. The van der Waals surface area contributed by atoms with Crippen molar-refractivity contribution in [1.29, 1.82) is 0 Å². The summed E-state index contributed by atoms with van der Waals surface area (Å²) in [6.07, 6.45) is 1.03. The maximum absolute atomic E-state index is 6.05. The van der Waals surface area contributed by atoms with Crippen molar-refractivity contribution in [2.45, 2.75) is 37.4 Å². The van der Waals surface area contributed by atoms with Crippen molar-refractivity contribution in [3.05, 3.63) is 28.8 Å². The molecule has 0 aliphatic heterocycles. The van der Waals surface area contributed by atoms with E-state index >= 15 is 0 Å². The van der Waals surface area contributed by atoms with Gasteiger partial charge in [0.2, 0.25) is 0 Å². The minimum Gasteiger partial charge on any atom is -0.496 e. The molecule has 0 aliphatic carbocycles. The molecular weight excluding hydrogens is 287 g/mol. The predicted octanol–water partition coefficient (Wildman–Crippen LogP) is 4.80. The summed E-state index contributed by atoms with van der Waals surface area (Å²) in [5.41, 5.74) is 1.20. The predicted molar refractivity (Wildman–Crippen MR) is 74.0 cm³/mol. The van der Waals surface area contributed by atoms with E-state index in [1.54, 1.807) is 7.11 Å². The molecule has 1 aromatic rings. The van der Waals surface area contributed by atoms with Crippen molar-refractivity contribution in [1.82, 2.24) is 0 Å². The Morgan fingerprint density at radius 2 is 2.06 bits per heavy atom. The van der Waals surface area contributed by atoms with E-state index in [-0.39, 0.29) is 5.41 Å². The molecule has 0 heterocycles. The summed E-state index contributed by atoms with van der Waals surface area (Å²) in [7, 11) is 1.69. The Bertz CT molecular complexity index is 361. The first-order valence-electron chi connectivity index (χ1n) is 5.35. The Kier molecular flexibility index (Phi) is 4.69. The highest BCUT2D eigenvalue weighted by Crippen LogP contribution is 2.37. The van der Waals surface area contributed by atoms with Gasteiger partial charge in [0.15, 0.2) is 0 Å². The average molecular weight is 306 g/mol. The smallest absolute Gasteiger partial charge is 0.122 e. The lowest BCUT2D eigenvalue weighted by Gasteiger charge is -2.28. The van der Waals surface area contributed by atoms with Gasteiger partial charge in [0.05, 0.1) is 7.11 Å². The van der Waals surface area contributed by atoms with Crippen molar-refractivity contribution in [3.63, 3.8) is 0 Å². The highest BCUT2D eigenvalue weighted by Gasteiger charge is 2.26. The second-order valence-corrected chi connectivity index (χ2v) is 6.71. The molecule has 1 atom stereocenters. The van der Waals surface area contributed by atoms with Gasteiger partial charge in [0.1, 0.15) is 5.75 Å². The van der Waals surface area contributed by atoms with Crippen molar-refractivity contribution in [3.8, 4) is 5.75 Å². The molecule has 90 valence electrons. The molecule has 0 amide bonds. The highest BCUT2D eigenvalue weighted by atomic mass is 79.9. The van der Waals surface area contributed by atoms with Crippen LogP contribution in [-0.4, -0.2) is 11.9 Å². The van der Waals surface area contributed by atoms with Crippen LogP contribution in [0.25, 0.3) is 0 Å². The van der Waals surface area contributed by atoms with Crippen LogP contribution in [0.15, 0.2) is 18.2 Å². The normalized spacial score (nSPS) is 13.6. The second kappa shape index (κ2) is 5.42. The largest absolute Gasteiger partial charge is 0.496 e. The lowest BCUT2D eigenvalue weighted by atomic mass is 9.80. The molecule has 0 aromatic heterocycles. The third-order valence-corrected chi connectivity index (χ3v) is 3.24. The molecule has 3 heteroatoms. The van der Waals surface area contributed by atoms with E-state index in [4.69, 9.17) is 16.3 Å². The molecule has 0 bridgehead atoms. The monoisotopic (exact) mass is 304 g/mol. The summed E-state index contributed by atoms with van der Waals surface area (Å²) < 4.78 is 5.39. The standard InChI is InChI=1S/C13H18BrClO/c1-9(14)8-13(2,3)11-7-10(15)5-6-12(11)16-4/h5-7,9H,8H2,1-4H3. The number of alkyl halides is 1. The third kappa shape index (κ3) is 3.39. The summed E-state index contributed by atoms with van der Waals surface area (Å²) >= 11 is 9.65. The van der Waals surface area contributed by atoms with E-state index in [9.17, 15) is 0 Å². The van der Waals surface area contributed by atoms with Crippen LogP contribution in [0.1, 0.15) is 32.8 Å². The van der Waals surface area contributed by atoms with Crippen molar-refractivity contribution in [2.24, 2.45) is 0 Å². The van der Waals surface area contributed by atoms with Crippen molar-refractivity contribution < 1.29 is 4.74 Å². The Morgan fingerprint density at radius 1 is 1.44 bits per heavy atom. The first-order chi connectivity index (χ1) is 7.36. The summed E-state index contributed by atoms with van der Waals surface area (Å²) in [6, 6.07) is 5.78. The van der Waals surface area contributed by atoms with Crippen LogP contribution in [0.2, 0.25) is 5.02 Å². The number of halogens is 2. The van der Waals surface area contributed by atoms with Gasteiger partial charge >= 0.3 is 0 Å². The first-order valence-corrected chi connectivity index (χ1v) is 6.64. The van der Waals surface area contributed by atoms with Crippen molar-refractivity contribution in [2.75, 3.05) is 7.11 Å². The molecule has 0 saturated carbocycles. The topological polar surface area (TPSA) is 9.23 Å². The van der Waals surface area contributed by atoms with Crippen LogP contribution in [0, 0.1) is 0 Å². The number of methoxy groups -OCH3 is 1. The zero-order chi connectivity index (χ0) is 12.3. The maximum atomic E-state index is 6.05. The van der Waals surface area contributed by atoms with Gasteiger partial charge in [-0.15, -0.1) is 0 Å². The van der Waals surface area contributed by atoms with E-state index in [0.29, 0.717) is 4.83 Å². The summed E-state index contributed by atoms with van der Waals surface area (Å²) in [5, 5.41) is 0.756. The molecule has 1 aromatic carbocycles. The van der Waals surface area contributed by atoms with Gasteiger partial charge in [-0.2, -0.15) is 0 Å². The molecule has 1 nitrogen and oxygen atoms in total. The Labute approximate surface area is 111 Å². The van der Waals surface area contributed by atoms with E-state index in [1.165, 1.54) is 0 Å². The van der Waals surface area contributed by atoms with Gasteiger partial charge in [-0.05, 0) is 30.0 Å². The van der Waals surface area contributed by atoms with Crippen LogP contribution >= 0.6 is 27.5 Å². The highest BCUT2D eigenvalue weighted by molar-refractivity contribution is 9.09. The van der Waals surface area contributed by atoms with E-state index in [1.807, 2.05) is 18.2 Å². The molecule has 0 aliphatic rings. The van der Waals surface area contributed by atoms with E-state index < -0.39 is 0 Å². The van der Waals surface area contributed by atoms with Crippen LogP contribution in [0.5, 0.6) is 5.75 Å². The molecule has 1 rings (SSSR count). The Hall–Kier alpha value is -0.210. The summed E-state index contributed by atoms with van der Waals surface area (Å²) in [6.45, 7) is 6.57. The Balaban J connectivity index is 3.14. The van der Waals surface area contributed by atoms with Crippen LogP contribution < -0.4 is 4.74 Å². The molecular formula is C13H18BrClO. The Morgan fingerprint density at radius 3 is 2.56 bits per heavy atom. The van der Waals surface area contributed by atoms with E-state index in [0.717, 1.165) is 22.8 Å². The molecule has 0 saturated heterocycles. The SMILES string of the molecule is COc1ccc(Cl)cc1C(C)(C)CC(C)Br. The van der Waals surface area contributed by atoms with Gasteiger partial charge in [-0.3, -0.25) is 0 Å². The number of hydrogen-bond acceptors (Lipinski definition) is 1. The van der Waals surface area contributed by atoms with Crippen molar-refractivity contribution >= 4 is 27.5 Å². The van der Waals surface area contributed by atoms with E-state index in [2.05, 4.69) is 36.7 Å². The lowest BCUT2D eigenvalue weighted by molar-refractivity contribution is 0.386. The molecule has 0 fully saturated rings.